The molecule has 0 amide bonds. The molecule has 0 radical (unpaired) electrons. The third kappa shape index (κ3) is 3.01. The molecule has 2 unspecified atom stereocenters. The number of nitrogens with two attached hydrogens (primary N) is 1. The number of nitrogens with one attached hydrogen (secondary N) is 2. The lowest BCUT2D eigenvalue weighted by atomic mass is 9.99. The first kappa shape index (κ1) is 15.0. The van der Waals surface area contributed by atoms with Crippen LogP contribution in [0.15, 0.2) is 40.4 Å². The summed E-state index contributed by atoms with van der Waals surface area (Å²) in [5.74, 6) is 0.533. The first-order chi connectivity index (χ1) is 11.1. The predicted octanol–water partition coefficient (Wildman–Crippen LogP) is 0.566. The summed E-state index contributed by atoms with van der Waals surface area (Å²) in [6.45, 7) is 7.79. The molecule has 6 nitrogen and oxygen atoms in total. The van der Waals surface area contributed by atoms with Gasteiger partial charge in [0, 0.05) is 16.5 Å². The minimum atomic E-state index is -0.196. The topological polar surface area (TPSA) is 91.5 Å². The van der Waals surface area contributed by atoms with Crippen LogP contribution in [0.4, 0.5) is 0 Å². The number of aromatic nitrogens is 2. The van der Waals surface area contributed by atoms with Gasteiger partial charge in [0.15, 0.2) is 0 Å². The molecule has 3 rings (SSSR count). The van der Waals surface area contributed by atoms with Gasteiger partial charge in [-0.3, -0.25) is 10.5 Å². The van der Waals surface area contributed by atoms with Gasteiger partial charge in [0.25, 0.3) is 0 Å². The van der Waals surface area contributed by atoms with Crippen LogP contribution in [0.3, 0.4) is 0 Å². The van der Waals surface area contributed by atoms with Crippen LogP contribution in [0, 0.1) is 5.92 Å². The lowest BCUT2D eigenvalue weighted by Gasteiger charge is -2.12. The smallest absolute Gasteiger partial charge is 0.147 e. The Balaban J connectivity index is 2.09. The molecule has 23 heavy (non-hydrogen) atoms. The van der Waals surface area contributed by atoms with Crippen molar-refractivity contribution in [1.82, 2.24) is 15.6 Å². The van der Waals surface area contributed by atoms with Crippen LogP contribution in [0.25, 0.3) is 23.9 Å². The van der Waals surface area contributed by atoms with Crippen molar-refractivity contribution in [2.24, 2.45) is 21.7 Å². The van der Waals surface area contributed by atoms with Gasteiger partial charge in [0.1, 0.15) is 6.17 Å². The van der Waals surface area contributed by atoms with Crippen molar-refractivity contribution in [2.45, 2.75) is 20.0 Å². The van der Waals surface area contributed by atoms with Crippen molar-refractivity contribution in [3.63, 3.8) is 0 Å². The van der Waals surface area contributed by atoms with E-state index >= 15 is 0 Å². The zero-order valence-electron chi connectivity index (χ0n) is 13.2. The number of aliphatic imine (C=N–C) groups is 1. The second-order valence-electron chi connectivity index (χ2n) is 5.62. The highest BCUT2D eigenvalue weighted by atomic mass is 15.4. The van der Waals surface area contributed by atoms with Gasteiger partial charge in [-0.25, -0.2) is 4.99 Å². The zero-order chi connectivity index (χ0) is 16.4. The van der Waals surface area contributed by atoms with E-state index in [2.05, 4.69) is 38.4 Å². The molecule has 0 aliphatic carbocycles. The third-order valence-corrected chi connectivity index (χ3v) is 3.81. The molecule has 0 bridgehead atoms. The summed E-state index contributed by atoms with van der Waals surface area (Å²) in [5.41, 5.74) is 11.6. The molecule has 118 valence electrons. The normalized spacial score (nSPS) is 22.1. The van der Waals surface area contributed by atoms with E-state index in [0.717, 1.165) is 27.5 Å². The van der Waals surface area contributed by atoms with Crippen molar-refractivity contribution in [3.05, 3.63) is 40.9 Å². The van der Waals surface area contributed by atoms with Gasteiger partial charge in [-0.15, -0.1) is 0 Å². The monoisotopic (exact) mass is 308 g/mol. The van der Waals surface area contributed by atoms with E-state index in [4.69, 9.17) is 5.73 Å². The Labute approximate surface area is 134 Å². The Kier molecular flexibility index (Phi) is 3.97. The molecule has 2 heterocycles. The second kappa shape index (κ2) is 6.08. The van der Waals surface area contributed by atoms with Crippen molar-refractivity contribution in [1.29, 1.82) is 0 Å². The third-order valence-electron chi connectivity index (χ3n) is 3.81. The number of H-pyrrole nitrogens is 1. The molecule has 0 saturated heterocycles. The lowest BCUT2D eigenvalue weighted by molar-refractivity contribution is 0.563. The van der Waals surface area contributed by atoms with Gasteiger partial charge in [0.05, 0.1) is 22.8 Å². The van der Waals surface area contributed by atoms with Crippen LogP contribution in [-0.4, -0.2) is 27.9 Å². The molecule has 6 heteroatoms. The SMILES string of the molecule is C=c1[nH]nc(-c2ccccc2)/c1=C/C1C(C)=NNC1/N=C(/C)N. The van der Waals surface area contributed by atoms with Crippen molar-refractivity contribution in [2.75, 3.05) is 0 Å². The molecule has 2 atom stereocenters. The van der Waals surface area contributed by atoms with Crippen molar-refractivity contribution in [3.8, 4) is 11.3 Å². The fourth-order valence-corrected chi connectivity index (χ4v) is 2.65. The summed E-state index contributed by atoms with van der Waals surface area (Å²) in [4.78, 5) is 4.41. The number of hydrazone groups is 1. The van der Waals surface area contributed by atoms with Gasteiger partial charge < -0.3 is 5.73 Å². The Hall–Kier alpha value is -2.89. The Bertz CT molecular complexity index is 858. The van der Waals surface area contributed by atoms with Gasteiger partial charge in [-0.1, -0.05) is 43.0 Å². The highest BCUT2D eigenvalue weighted by molar-refractivity contribution is 5.92. The van der Waals surface area contributed by atoms with E-state index < -0.39 is 0 Å². The number of amidine groups is 1. The summed E-state index contributed by atoms with van der Waals surface area (Å²) < 4.78 is 0. The van der Waals surface area contributed by atoms with Crippen LogP contribution in [0.5, 0.6) is 0 Å². The second-order valence-corrected chi connectivity index (χ2v) is 5.62. The van der Waals surface area contributed by atoms with Gasteiger partial charge in [-0.2, -0.15) is 10.2 Å². The maximum absolute atomic E-state index is 5.72. The Morgan fingerprint density at radius 3 is 2.78 bits per heavy atom. The first-order valence-corrected chi connectivity index (χ1v) is 7.46. The van der Waals surface area contributed by atoms with Crippen LogP contribution >= 0.6 is 0 Å². The zero-order valence-corrected chi connectivity index (χ0v) is 13.2. The number of aromatic amines is 1. The van der Waals surface area contributed by atoms with Crippen LogP contribution in [0.1, 0.15) is 13.8 Å². The van der Waals surface area contributed by atoms with E-state index in [1.54, 1.807) is 6.92 Å². The number of nitrogens with zero attached hydrogens (tertiary/aromatic N) is 3. The number of benzene rings is 1. The van der Waals surface area contributed by atoms with Crippen LogP contribution in [0.2, 0.25) is 0 Å². The van der Waals surface area contributed by atoms with Gasteiger partial charge in [0.2, 0.25) is 0 Å². The summed E-state index contributed by atoms with van der Waals surface area (Å²) in [7, 11) is 0. The number of hydrogen-bond donors (Lipinski definition) is 3. The molecule has 4 N–H and O–H groups in total. The minimum Gasteiger partial charge on any atom is -0.388 e. The van der Waals surface area contributed by atoms with Gasteiger partial charge in [-0.05, 0) is 13.8 Å². The molecule has 0 saturated carbocycles. The quantitative estimate of drug-likeness (QED) is 0.572. The average molecular weight is 308 g/mol. The van der Waals surface area contributed by atoms with Gasteiger partial charge >= 0.3 is 0 Å². The maximum Gasteiger partial charge on any atom is 0.147 e. The first-order valence-electron chi connectivity index (χ1n) is 7.46. The van der Waals surface area contributed by atoms with Crippen LogP contribution < -0.4 is 21.7 Å². The predicted molar refractivity (Wildman–Crippen MR) is 94.1 cm³/mol. The molecule has 1 aliphatic heterocycles. The standard InChI is InChI=1S/C17H20N6/c1-10-14(16(22-20-10)13-7-5-4-6-8-13)9-15-11(2)21-23-17(15)19-12(3)18/h4-9,15,17,20,23H,1H2,2-3H3,(H2,18,19)/b14-9+. The molecule has 1 aromatic heterocycles. The van der Waals surface area contributed by atoms with E-state index in [1.165, 1.54) is 0 Å². The molecule has 1 aliphatic rings. The molecule has 0 fully saturated rings. The highest BCUT2D eigenvalue weighted by Crippen LogP contribution is 2.17. The molecule has 1 aromatic carbocycles. The average Bonchev–Trinajstić information content (AvgIpc) is 3.06. The van der Waals surface area contributed by atoms with Crippen molar-refractivity contribution >= 4 is 24.2 Å². The fourth-order valence-electron chi connectivity index (χ4n) is 2.65. The van der Waals surface area contributed by atoms with E-state index in [1.807, 2.05) is 37.3 Å². The Morgan fingerprint density at radius 2 is 2.09 bits per heavy atom. The summed E-state index contributed by atoms with van der Waals surface area (Å²) in [6, 6.07) is 10.0. The van der Waals surface area contributed by atoms with E-state index in [9.17, 15) is 0 Å². The number of hydrogen-bond acceptors (Lipinski definition) is 4. The summed E-state index contributed by atoms with van der Waals surface area (Å²) in [5, 5.41) is 13.4. The van der Waals surface area contributed by atoms with Crippen molar-refractivity contribution < 1.29 is 0 Å². The molecular formula is C17H20N6. The van der Waals surface area contributed by atoms with E-state index in [0.29, 0.717) is 5.84 Å². The molecule has 0 spiro atoms. The fraction of sp³-hybridized carbons (Fsp3) is 0.235. The minimum absolute atomic E-state index is 0.00839. The largest absolute Gasteiger partial charge is 0.388 e. The highest BCUT2D eigenvalue weighted by Gasteiger charge is 2.27. The summed E-state index contributed by atoms with van der Waals surface area (Å²) >= 11 is 0. The summed E-state index contributed by atoms with van der Waals surface area (Å²) in [6.07, 6.45) is 1.90. The van der Waals surface area contributed by atoms with Crippen LogP contribution in [-0.2, 0) is 0 Å². The lowest BCUT2D eigenvalue weighted by Crippen LogP contribution is -2.32. The molecule has 2 aromatic rings. The van der Waals surface area contributed by atoms with E-state index in [-0.39, 0.29) is 12.1 Å². The molecular weight excluding hydrogens is 288 g/mol. The number of rotatable bonds is 3. The Morgan fingerprint density at radius 1 is 1.35 bits per heavy atom. The maximum atomic E-state index is 5.72.